The lowest BCUT2D eigenvalue weighted by Crippen LogP contribution is -2.46. The van der Waals surface area contributed by atoms with Crippen molar-refractivity contribution in [1.82, 2.24) is 19.9 Å². The SMILES string of the molecule is Cc1c(NC(=O)C2CC2)cccc1Nc1ncnc(N2CCN(Cc3ccc(OC(F)(F)F)cc3)CC2)n1. The third-order valence-electron chi connectivity index (χ3n) is 6.56. The zero-order valence-corrected chi connectivity index (χ0v) is 20.8. The molecule has 2 heterocycles. The van der Waals surface area contributed by atoms with Crippen LogP contribution in [0, 0.1) is 12.8 Å². The molecule has 38 heavy (non-hydrogen) atoms. The van der Waals surface area contributed by atoms with Gasteiger partial charge in [-0.2, -0.15) is 4.98 Å². The van der Waals surface area contributed by atoms with E-state index in [1.807, 2.05) is 25.1 Å². The lowest BCUT2D eigenvalue weighted by Gasteiger charge is -2.34. The highest BCUT2D eigenvalue weighted by atomic mass is 19.4. The Morgan fingerprint density at radius 1 is 1.03 bits per heavy atom. The molecule has 1 aromatic heterocycles. The fourth-order valence-corrected chi connectivity index (χ4v) is 4.27. The molecule has 2 aliphatic rings. The molecule has 9 nitrogen and oxygen atoms in total. The van der Waals surface area contributed by atoms with Crippen LogP contribution in [-0.2, 0) is 11.3 Å². The molecule has 0 unspecified atom stereocenters. The van der Waals surface area contributed by atoms with Gasteiger partial charge in [0.25, 0.3) is 0 Å². The Kier molecular flexibility index (Phi) is 7.32. The van der Waals surface area contributed by atoms with Crippen LogP contribution in [0.5, 0.6) is 5.75 Å². The summed E-state index contributed by atoms with van der Waals surface area (Å²) in [5.41, 5.74) is 3.37. The zero-order chi connectivity index (χ0) is 26.7. The number of hydrogen-bond donors (Lipinski definition) is 2. The fourth-order valence-electron chi connectivity index (χ4n) is 4.27. The van der Waals surface area contributed by atoms with E-state index in [1.165, 1.54) is 18.5 Å². The molecule has 5 rings (SSSR count). The minimum atomic E-state index is -4.70. The number of piperazine rings is 1. The first-order valence-electron chi connectivity index (χ1n) is 12.4. The largest absolute Gasteiger partial charge is 0.573 e. The summed E-state index contributed by atoms with van der Waals surface area (Å²) in [6.45, 7) is 5.44. The van der Waals surface area contributed by atoms with Crippen molar-refractivity contribution in [2.45, 2.75) is 32.7 Å². The number of ether oxygens (including phenoxy) is 1. The van der Waals surface area contributed by atoms with Crippen LogP contribution in [0.3, 0.4) is 0 Å². The van der Waals surface area contributed by atoms with Crippen LogP contribution in [0.25, 0.3) is 0 Å². The first kappa shape index (κ1) is 25.7. The fraction of sp³-hybridized carbons (Fsp3) is 0.385. The number of halogens is 3. The maximum Gasteiger partial charge on any atom is 0.573 e. The van der Waals surface area contributed by atoms with Crippen LogP contribution in [0.15, 0.2) is 48.8 Å². The molecule has 0 spiro atoms. The Labute approximate surface area is 218 Å². The molecule has 0 atom stereocenters. The minimum absolute atomic E-state index is 0.0549. The number of carbonyl (C=O) groups is 1. The van der Waals surface area contributed by atoms with Crippen molar-refractivity contribution in [1.29, 1.82) is 0 Å². The van der Waals surface area contributed by atoms with Crippen LogP contribution in [0.2, 0.25) is 0 Å². The van der Waals surface area contributed by atoms with Crippen molar-refractivity contribution in [2.75, 3.05) is 41.7 Å². The summed E-state index contributed by atoms with van der Waals surface area (Å²) in [6, 6.07) is 11.6. The van der Waals surface area contributed by atoms with Gasteiger partial charge in [0, 0.05) is 50.0 Å². The lowest BCUT2D eigenvalue weighted by molar-refractivity contribution is -0.274. The van der Waals surface area contributed by atoms with E-state index in [1.54, 1.807) is 12.1 Å². The van der Waals surface area contributed by atoms with Gasteiger partial charge in [0.1, 0.15) is 12.1 Å². The second-order valence-corrected chi connectivity index (χ2v) is 9.43. The average Bonchev–Trinajstić information content (AvgIpc) is 3.73. The van der Waals surface area contributed by atoms with Gasteiger partial charge < -0.3 is 20.3 Å². The normalized spacial score (nSPS) is 16.3. The number of alkyl halides is 3. The zero-order valence-electron chi connectivity index (χ0n) is 20.8. The second-order valence-electron chi connectivity index (χ2n) is 9.43. The van der Waals surface area contributed by atoms with Gasteiger partial charge >= 0.3 is 6.36 Å². The predicted molar refractivity (Wildman–Crippen MR) is 136 cm³/mol. The number of rotatable bonds is 8. The topological polar surface area (TPSA) is 95.5 Å². The minimum Gasteiger partial charge on any atom is -0.406 e. The number of anilines is 4. The van der Waals surface area contributed by atoms with Crippen LogP contribution in [0.4, 0.5) is 36.4 Å². The summed E-state index contributed by atoms with van der Waals surface area (Å²) in [5, 5.41) is 6.24. The number of amides is 1. The maximum atomic E-state index is 12.4. The Bertz CT molecular complexity index is 1270. The van der Waals surface area contributed by atoms with Crippen molar-refractivity contribution < 1.29 is 22.7 Å². The van der Waals surface area contributed by atoms with Crippen LogP contribution in [-0.4, -0.2) is 58.3 Å². The summed E-state index contributed by atoms with van der Waals surface area (Å²) < 4.78 is 41.0. The van der Waals surface area contributed by atoms with Gasteiger partial charge in [-0.25, -0.2) is 9.97 Å². The van der Waals surface area contributed by atoms with Crippen molar-refractivity contribution in [3.05, 3.63) is 59.9 Å². The Hall–Kier alpha value is -3.93. The molecule has 12 heteroatoms. The van der Waals surface area contributed by atoms with Crippen molar-refractivity contribution in [3.8, 4) is 5.75 Å². The number of aromatic nitrogens is 3. The highest BCUT2D eigenvalue weighted by molar-refractivity contribution is 5.95. The number of carbonyl (C=O) groups excluding carboxylic acids is 1. The van der Waals surface area contributed by atoms with Gasteiger partial charge in [0.05, 0.1) is 0 Å². The maximum absolute atomic E-state index is 12.4. The summed E-state index contributed by atoms with van der Waals surface area (Å²) >= 11 is 0. The van der Waals surface area contributed by atoms with E-state index < -0.39 is 6.36 Å². The quantitative estimate of drug-likeness (QED) is 0.443. The third-order valence-corrected chi connectivity index (χ3v) is 6.56. The standard InChI is InChI=1S/C26H28F3N7O2/c1-17-21(32-23(37)19-7-8-19)3-2-4-22(17)33-24-30-16-31-25(34-24)36-13-11-35(12-14-36)15-18-5-9-20(10-6-18)38-26(27,28)29/h2-6,9-10,16,19H,7-8,11-15H2,1H3,(H,32,37)(H,30,31,33,34). The molecule has 1 aliphatic carbocycles. The Morgan fingerprint density at radius 2 is 1.74 bits per heavy atom. The summed E-state index contributed by atoms with van der Waals surface area (Å²) in [6.07, 6.45) is -1.34. The average molecular weight is 528 g/mol. The van der Waals surface area contributed by atoms with Crippen molar-refractivity contribution in [2.24, 2.45) is 5.92 Å². The molecule has 1 aliphatic heterocycles. The molecular weight excluding hydrogens is 499 g/mol. The van der Waals surface area contributed by atoms with Crippen molar-refractivity contribution >= 4 is 29.2 Å². The van der Waals surface area contributed by atoms with E-state index in [4.69, 9.17) is 0 Å². The number of nitrogens with zero attached hydrogens (tertiary/aromatic N) is 5. The van der Waals surface area contributed by atoms with E-state index in [-0.39, 0.29) is 17.6 Å². The van der Waals surface area contributed by atoms with Crippen molar-refractivity contribution in [3.63, 3.8) is 0 Å². The second kappa shape index (κ2) is 10.8. The molecule has 3 aromatic rings. The van der Waals surface area contributed by atoms with Gasteiger partial charge in [0.2, 0.25) is 17.8 Å². The van der Waals surface area contributed by atoms with Crippen LogP contribution in [0.1, 0.15) is 24.0 Å². The van der Waals surface area contributed by atoms with Gasteiger partial charge in [-0.15, -0.1) is 13.2 Å². The van der Waals surface area contributed by atoms with E-state index in [0.29, 0.717) is 31.5 Å². The monoisotopic (exact) mass is 527 g/mol. The van der Waals surface area contributed by atoms with Gasteiger partial charge in [-0.3, -0.25) is 9.69 Å². The Morgan fingerprint density at radius 3 is 2.42 bits per heavy atom. The third kappa shape index (κ3) is 6.68. The molecule has 2 fully saturated rings. The van der Waals surface area contributed by atoms with E-state index in [2.05, 4.69) is 40.1 Å². The molecule has 0 bridgehead atoms. The molecule has 0 radical (unpaired) electrons. The summed E-state index contributed by atoms with van der Waals surface area (Å²) in [5.74, 6) is 0.921. The van der Waals surface area contributed by atoms with Gasteiger partial charge in [-0.05, 0) is 55.2 Å². The van der Waals surface area contributed by atoms with E-state index in [9.17, 15) is 18.0 Å². The molecule has 1 amide bonds. The van der Waals surface area contributed by atoms with Crippen LogP contribution >= 0.6 is 0 Å². The number of benzene rings is 2. The molecule has 200 valence electrons. The molecule has 2 aromatic carbocycles. The highest BCUT2D eigenvalue weighted by Crippen LogP contribution is 2.32. The Balaban J connectivity index is 1.16. The first-order valence-corrected chi connectivity index (χ1v) is 12.4. The predicted octanol–water partition coefficient (Wildman–Crippen LogP) is 4.49. The molecule has 1 saturated carbocycles. The van der Waals surface area contributed by atoms with Gasteiger partial charge in [-0.1, -0.05) is 18.2 Å². The van der Waals surface area contributed by atoms with E-state index >= 15 is 0 Å². The summed E-state index contributed by atoms with van der Waals surface area (Å²) in [4.78, 5) is 29.7. The van der Waals surface area contributed by atoms with Crippen LogP contribution < -0.4 is 20.3 Å². The van der Waals surface area contributed by atoms with Gasteiger partial charge in [0.15, 0.2) is 0 Å². The highest BCUT2D eigenvalue weighted by Gasteiger charge is 2.31. The molecular formula is C26H28F3N7O2. The van der Waals surface area contributed by atoms with E-state index in [0.717, 1.165) is 48.4 Å². The lowest BCUT2D eigenvalue weighted by atomic mass is 10.1. The molecule has 2 N–H and O–H groups in total. The molecule has 1 saturated heterocycles. The number of hydrogen-bond acceptors (Lipinski definition) is 8. The number of nitrogens with one attached hydrogen (secondary N) is 2. The first-order chi connectivity index (χ1) is 18.2. The smallest absolute Gasteiger partial charge is 0.406 e. The summed E-state index contributed by atoms with van der Waals surface area (Å²) in [7, 11) is 0.